The van der Waals surface area contributed by atoms with Gasteiger partial charge in [-0.3, -0.25) is 0 Å². The number of nitrogens with one attached hydrogen (secondary N) is 1. The molecule has 0 aliphatic heterocycles. The number of hydrogen-bond acceptors (Lipinski definition) is 4. The normalized spacial score (nSPS) is 14.0. The lowest BCUT2D eigenvalue weighted by atomic mass is 11.6. The first-order valence-corrected chi connectivity index (χ1v) is 2.45. The quantitative estimate of drug-likeness (QED) is 0.171. The van der Waals surface area contributed by atoms with Gasteiger partial charge in [0.05, 0.1) is 0 Å². The molecular formula is CH2N3O3S-. The molecule has 0 rings (SSSR count). The van der Waals surface area contributed by atoms with E-state index in [1.807, 2.05) is 0 Å². The van der Waals surface area contributed by atoms with Crippen LogP contribution in [0.4, 0.5) is 0 Å². The van der Waals surface area contributed by atoms with Gasteiger partial charge in [0.1, 0.15) is 10.9 Å². The van der Waals surface area contributed by atoms with Crippen molar-refractivity contribution < 1.29 is 13.0 Å². The van der Waals surface area contributed by atoms with E-state index in [0.29, 0.717) is 0 Å². The van der Waals surface area contributed by atoms with Crippen LogP contribution in [0.2, 0.25) is 0 Å². The Labute approximate surface area is 46.6 Å². The minimum atomic E-state index is -2.68. The van der Waals surface area contributed by atoms with E-state index in [4.69, 9.17) is 9.96 Å². The van der Waals surface area contributed by atoms with E-state index in [0.717, 1.165) is 0 Å². The molecule has 2 N–H and O–H groups in total. The first kappa shape index (κ1) is 7.25. The van der Waals surface area contributed by atoms with Crippen molar-refractivity contribution in [2.24, 2.45) is 5.10 Å². The molecule has 6 nitrogen and oxygen atoms in total. The van der Waals surface area contributed by atoms with E-state index in [1.165, 1.54) is 6.01 Å². The molecule has 0 amide bonds. The van der Waals surface area contributed by atoms with Gasteiger partial charge in [-0.1, -0.05) is 0 Å². The maximum atomic E-state index is 9.76. The fraction of sp³-hybridized carbons (Fsp3) is 0. The Hall–Kier alpha value is -0.750. The molecule has 46 valence electrons. The van der Waals surface area contributed by atoms with Crippen LogP contribution in [0.15, 0.2) is 5.10 Å². The Balaban J connectivity index is 4.48. The molecule has 0 bridgehead atoms. The Kier molecular flexibility index (Phi) is 2.97. The maximum absolute atomic E-state index is 9.76. The summed E-state index contributed by atoms with van der Waals surface area (Å²) in [5.41, 5.74) is 0. The second-order valence-corrected chi connectivity index (χ2v) is 1.45. The molecule has 0 aromatic carbocycles. The van der Waals surface area contributed by atoms with Crippen molar-refractivity contribution in [1.82, 2.24) is 0 Å². The topological polar surface area (TPSA) is 99.6 Å². The first-order chi connectivity index (χ1) is 3.68. The Morgan fingerprint density at radius 2 is 2.50 bits per heavy atom. The molecule has 0 saturated carbocycles. The first-order valence-electron chi connectivity index (χ1n) is 1.39. The summed E-state index contributed by atoms with van der Waals surface area (Å²) in [6.07, 6.45) is 0. The van der Waals surface area contributed by atoms with Gasteiger partial charge in [-0.2, -0.15) is 4.22 Å². The molecule has 0 heterocycles. The van der Waals surface area contributed by atoms with Crippen LogP contribution in [0.5, 0.6) is 0 Å². The fourth-order valence-corrected chi connectivity index (χ4v) is 0.186. The van der Waals surface area contributed by atoms with Crippen LogP contribution in [0.25, 0.3) is 0 Å². The minimum Gasteiger partial charge on any atom is -0.541 e. The van der Waals surface area contributed by atoms with Gasteiger partial charge in [-0.05, 0) is 0 Å². The number of nitrogens with zero attached hydrogens (tertiary/aromatic N) is 2. The van der Waals surface area contributed by atoms with Crippen LogP contribution in [-0.4, -0.2) is 14.8 Å². The van der Waals surface area contributed by atoms with Gasteiger partial charge < -0.3 is 14.0 Å². The third kappa shape index (κ3) is 2.43. The predicted molar refractivity (Wildman–Crippen MR) is 24.5 cm³/mol. The van der Waals surface area contributed by atoms with Gasteiger partial charge in [0.25, 0.3) is 0 Å². The number of hydrogen-bond donors (Lipinski definition) is 2. The number of rotatable bonds is 1. The highest BCUT2D eigenvalue weighted by molar-refractivity contribution is 7.66. The Bertz CT molecular complexity index is 197. The fourth-order valence-electron chi connectivity index (χ4n) is 0.0757. The predicted octanol–water partition coefficient (Wildman–Crippen LogP) is -0.215. The molecule has 0 atom stereocenters. The van der Waals surface area contributed by atoms with Crippen LogP contribution in [0.1, 0.15) is 0 Å². The van der Waals surface area contributed by atoms with E-state index in [-0.39, 0.29) is 0 Å². The van der Waals surface area contributed by atoms with E-state index >= 15 is 0 Å². The van der Waals surface area contributed by atoms with E-state index in [9.17, 15) is 9.42 Å². The monoisotopic (exact) mass is 136 g/mol. The van der Waals surface area contributed by atoms with E-state index < -0.39 is 15.1 Å². The summed E-state index contributed by atoms with van der Waals surface area (Å²) < 4.78 is 16.9. The molecule has 0 aliphatic rings. The van der Waals surface area contributed by atoms with Crippen LogP contribution in [-0.2, 0) is 15.1 Å². The lowest BCUT2D eigenvalue weighted by Crippen LogP contribution is -1.92. The zero-order valence-electron chi connectivity index (χ0n) is 3.57. The lowest BCUT2D eigenvalue weighted by Gasteiger charge is -1.93. The third-order valence-corrected chi connectivity index (χ3v) is 0.614. The molecule has 0 aliphatic carbocycles. The molecule has 0 spiro atoms. The van der Waals surface area contributed by atoms with E-state index in [1.54, 1.807) is 0 Å². The minimum absolute atomic E-state index is 0.549. The zero-order valence-corrected chi connectivity index (χ0v) is 4.38. The molecule has 0 fully saturated rings. The Morgan fingerprint density at radius 3 is 2.62 bits per heavy atom. The molecule has 8 heavy (non-hydrogen) atoms. The molecule has 0 unspecified atom stereocenters. The maximum Gasteiger partial charge on any atom is 0.160 e. The van der Waals surface area contributed by atoms with Crippen molar-refractivity contribution >= 4 is 16.9 Å². The molecule has 0 aromatic heterocycles. The van der Waals surface area contributed by atoms with Crippen LogP contribution in [0, 0.1) is 10.6 Å². The van der Waals surface area contributed by atoms with Crippen molar-refractivity contribution in [3.8, 4) is 0 Å². The molecule has 0 radical (unpaired) electrons. The highest BCUT2D eigenvalue weighted by atomic mass is 32.2. The largest absolute Gasteiger partial charge is 0.541 e. The van der Waals surface area contributed by atoms with Crippen molar-refractivity contribution in [1.29, 1.82) is 5.41 Å². The summed E-state index contributed by atoms with van der Waals surface area (Å²) in [6.45, 7) is 0. The molecule has 7 heteroatoms. The van der Waals surface area contributed by atoms with Crippen molar-refractivity contribution in [3.63, 3.8) is 0 Å². The average molecular weight is 136 g/mol. The summed E-state index contributed by atoms with van der Waals surface area (Å²) in [5, 5.41) is 18.3. The van der Waals surface area contributed by atoms with Gasteiger partial charge in [0.15, 0.2) is 6.01 Å². The van der Waals surface area contributed by atoms with Gasteiger partial charge in [-0.25, -0.2) is 5.41 Å². The second kappa shape index (κ2) is 3.28. The van der Waals surface area contributed by atoms with Crippen molar-refractivity contribution in [2.45, 2.75) is 0 Å². The van der Waals surface area contributed by atoms with Gasteiger partial charge in [0.2, 0.25) is 0 Å². The standard InChI is InChI=1S/CH2N3O3S/c2-1-3-4(5)8(6)7/h2H,(H,6,7)/q-1. The smallest absolute Gasteiger partial charge is 0.160 e. The molecule has 0 saturated heterocycles. The average Bonchev–Trinajstić information content (AvgIpc) is 1.67. The molecule has 0 aromatic rings. The van der Waals surface area contributed by atoms with Gasteiger partial charge >= 0.3 is 0 Å². The SMILES string of the molecule is N=C=N[N+]([O-])=[S-](=O)O. The summed E-state index contributed by atoms with van der Waals surface area (Å²) >= 11 is 0. The second-order valence-electron chi connectivity index (χ2n) is 0.680. The lowest BCUT2D eigenvalue weighted by molar-refractivity contribution is -0.439. The summed E-state index contributed by atoms with van der Waals surface area (Å²) in [6, 6.07) is 1.28. The number of hydrazone groups is 1. The van der Waals surface area contributed by atoms with Crippen LogP contribution in [0.3, 0.4) is 0 Å². The summed E-state index contributed by atoms with van der Waals surface area (Å²) in [7, 11) is -2.68. The highest BCUT2D eigenvalue weighted by Crippen LogP contribution is 1.68. The van der Waals surface area contributed by atoms with Crippen molar-refractivity contribution in [3.05, 3.63) is 5.21 Å². The van der Waals surface area contributed by atoms with Crippen LogP contribution >= 0.6 is 0 Å². The van der Waals surface area contributed by atoms with E-state index in [2.05, 4.69) is 5.10 Å². The summed E-state index contributed by atoms with van der Waals surface area (Å²) in [4.78, 5) is 0. The molecular weight excluding hydrogens is 134 g/mol. The highest BCUT2D eigenvalue weighted by Gasteiger charge is 1.69. The van der Waals surface area contributed by atoms with Crippen LogP contribution < -0.4 is 0 Å². The Morgan fingerprint density at radius 1 is 2.00 bits per heavy atom. The summed E-state index contributed by atoms with van der Waals surface area (Å²) in [5.74, 6) is 0. The third-order valence-electron chi connectivity index (χ3n) is 0.265. The van der Waals surface area contributed by atoms with Gasteiger partial charge in [0, 0.05) is 5.10 Å². The van der Waals surface area contributed by atoms with Crippen molar-refractivity contribution in [2.75, 3.05) is 0 Å². The zero-order chi connectivity index (χ0) is 6.57. The van der Waals surface area contributed by atoms with Gasteiger partial charge in [-0.15, -0.1) is 0 Å².